The van der Waals surface area contributed by atoms with Gasteiger partial charge in [0.1, 0.15) is 5.84 Å². The van der Waals surface area contributed by atoms with Gasteiger partial charge in [0, 0.05) is 5.56 Å². The van der Waals surface area contributed by atoms with Gasteiger partial charge in [0.25, 0.3) is 0 Å². The van der Waals surface area contributed by atoms with E-state index in [1.54, 1.807) is 0 Å². The molecule has 3 aromatic carbocycles. The quantitative estimate of drug-likeness (QED) is 0.406. The second-order valence-corrected chi connectivity index (χ2v) is 5.80. The molecule has 3 rings (SSSR count). The standard InChI is InChI=1S/C22H23N3/c1-23-17-25-22(20-12-6-3-7-13-20)24-16-18-9-8-14-21(15-18)19-10-4-2-5-11-19/h2-15,23H,16-17H2,1H3,(H,24,25). The van der Waals surface area contributed by atoms with Crippen LogP contribution in [0.25, 0.3) is 11.1 Å². The third-order valence-corrected chi connectivity index (χ3v) is 3.93. The molecule has 25 heavy (non-hydrogen) atoms. The van der Waals surface area contributed by atoms with Gasteiger partial charge >= 0.3 is 0 Å². The van der Waals surface area contributed by atoms with Crippen molar-refractivity contribution in [2.45, 2.75) is 6.54 Å². The third-order valence-electron chi connectivity index (χ3n) is 3.93. The summed E-state index contributed by atoms with van der Waals surface area (Å²) in [7, 11) is 1.92. The minimum absolute atomic E-state index is 0.640. The van der Waals surface area contributed by atoms with Gasteiger partial charge in [0.05, 0.1) is 13.2 Å². The first kappa shape index (κ1) is 16.9. The molecule has 0 spiro atoms. The fourth-order valence-electron chi connectivity index (χ4n) is 2.67. The summed E-state index contributed by atoms with van der Waals surface area (Å²) in [5, 5.41) is 6.45. The van der Waals surface area contributed by atoms with Gasteiger partial charge in [-0.05, 0) is 29.8 Å². The Bertz CT molecular complexity index is 811. The summed E-state index contributed by atoms with van der Waals surface area (Å²) in [5.41, 5.74) is 4.74. The lowest BCUT2D eigenvalue weighted by Gasteiger charge is -2.10. The van der Waals surface area contributed by atoms with E-state index in [2.05, 4.69) is 71.3 Å². The molecule has 0 atom stereocenters. The normalized spacial score (nSPS) is 11.3. The van der Waals surface area contributed by atoms with Crippen LogP contribution in [0.2, 0.25) is 0 Å². The predicted molar refractivity (Wildman–Crippen MR) is 106 cm³/mol. The first-order valence-corrected chi connectivity index (χ1v) is 8.49. The number of hydrogen-bond acceptors (Lipinski definition) is 2. The topological polar surface area (TPSA) is 36.4 Å². The Kier molecular flexibility index (Phi) is 5.96. The molecule has 0 saturated heterocycles. The first-order chi connectivity index (χ1) is 12.4. The summed E-state index contributed by atoms with van der Waals surface area (Å²) >= 11 is 0. The summed E-state index contributed by atoms with van der Waals surface area (Å²) in [6, 6.07) is 29.2. The number of aliphatic imine (C=N–C) groups is 1. The number of benzene rings is 3. The molecular formula is C22H23N3. The molecule has 0 saturated carbocycles. The third kappa shape index (κ3) is 4.78. The van der Waals surface area contributed by atoms with Crippen LogP contribution in [-0.2, 0) is 6.54 Å². The van der Waals surface area contributed by atoms with Crippen molar-refractivity contribution in [3.05, 3.63) is 96.1 Å². The molecule has 3 heteroatoms. The van der Waals surface area contributed by atoms with Gasteiger partial charge in [0.15, 0.2) is 0 Å². The number of nitrogens with zero attached hydrogens (tertiary/aromatic N) is 1. The molecule has 2 N–H and O–H groups in total. The summed E-state index contributed by atoms with van der Waals surface area (Å²) in [4.78, 5) is 4.80. The first-order valence-electron chi connectivity index (χ1n) is 8.49. The van der Waals surface area contributed by atoms with Crippen molar-refractivity contribution in [3.8, 4) is 11.1 Å². The van der Waals surface area contributed by atoms with Crippen LogP contribution in [-0.4, -0.2) is 19.6 Å². The second kappa shape index (κ2) is 8.81. The smallest absolute Gasteiger partial charge is 0.129 e. The maximum atomic E-state index is 4.80. The lowest BCUT2D eigenvalue weighted by atomic mass is 10.0. The summed E-state index contributed by atoms with van der Waals surface area (Å²) < 4.78 is 0. The highest BCUT2D eigenvalue weighted by Crippen LogP contribution is 2.20. The molecule has 0 heterocycles. The fraction of sp³-hybridized carbons (Fsp3) is 0.136. The Hall–Kier alpha value is -2.91. The predicted octanol–water partition coefficient (Wildman–Crippen LogP) is 4.07. The van der Waals surface area contributed by atoms with E-state index in [9.17, 15) is 0 Å². The van der Waals surface area contributed by atoms with Crippen LogP contribution >= 0.6 is 0 Å². The minimum atomic E-state index is 0.640. The Morgan fingerprint density at radius 3 is 2.20 bits per heavy atom. The molecule has 0 bridgehead atoms. The number of rotatable bonds is 6. The molecule has 0 aliphatic heterocycles. The summed E-state index contributed by atoms with van der Waals surface area (Å²) in [6.45, 7) is 1.32. The van der Waals surface area contributed by atoms with Gasteiger partial charge < -0.3 is 10.6 Å². The van der Waals surface area contributed by atoms with E-state index in [4.69, 9.17) is 4.99 Å². The average molecular weight is 329 g/mol. The SMILES string of the molecule is CNCNC(=NCc1cccc(-c2ccccc2)c1)c1ccccc1. The number of hydrogen-bond donors (Lipinski definition) is 2. The molecular weight excluding hydrogens is 306 g/mol. The minimum Gasteiger partial charge on any atom is -0.357 e. The van der Waals surface area contributed by atoms with E-state index in [1.165, 1.54) is 16.7 Å². The van der Waals surface area contributed by atoms with Crippen LogP contribution in [0.3, 0.4) is 0 Å². The zero-order chi connectivity index (χ0) is 17.3. The Labute approximate surface area is 149 Å². The molecule has 3 nitrogen and oxygen atoms in total. The van der Waals surface area contributed by atoms with Crippen LogP contribution in [0.4, 0.5) is 0 Å². The molecule has 0 aliphatic rings. The molecule has 0 unspecified atom stereocenters. The zero-order valence-corrected chi connectivity index (χ0v) is 14.4. The van der Waals surface area contributed by atoms with E-state index >= 15 is 0 Å². The Morgan fingerprint density at radius 2 is 1.48 bits per heavy atom. The lowest BCUT2D eigenvalue weighted by molar-refractivity contribution is 0.757. The van der Waals surface area contributed by atoms with E-state index in [-0.39, 0.29) is 0 Å². The highest BCUT2D eigenvalue weighted by Gasteiger charge is 2.03. The van der Waals surface area contributed by atoms with Crippen molar-refractivity contribution in [3.63, 3.8) is 0 Å². The van der Waals surface area contributed by atoms with E-state index < -0.39 is 0 Å². The van der Waals surface area contributed by atoms with Gasteiger partial charge in [-0.25, -0.2) is 0 Å². The zero-order valence-electron chi connectivity index (χ0n) is 14.4. The molecule has 0 aliphatic carbocycles. The monoisotopic (exact) mass is 329 g/mol. The highest BCUT2D eigenvalue weighted by molar-refractivity contribution is 5.98. The maximum Gasteiger partial charge on any atom is 0.129 e. The summed E-state index contributed by atoms with van der Waals surface area (Å²) in [5.74, 6) is 0.903. The van der Waals surface area contributed by atoms with Crippen molar-refractivity contribution in [1.29, 1.82) is 0 Å². The van der Waals surface area contributed by atoms with E-state index in [0.29, 0.717) is 13.2 Å². The van der Waals surface area contributed by atoms with Crippen molar-refractivity contribution < 1.29 is 0 Å². The van der Waals surface area contributed by atoms with Gasteiger partial charge in [-0.2, -0.15) is 0 Å². The highest BCUT2D eigenvalue weighted by atomic mass is 15.1. The van der Waals surface area contributed by atoms with Crippen molar-refractivity contribution in [2.24, 2.45) is 4.99 Å². The molecule has 126 valence electrons. The number of amidine groups is 1. The van der Waals surface area contributed by atoms with E-state index in [0.717, 1.165) is 11.4 Å². The van der Waals surface area contributed by atoms with Crippen LogP contribution in [0.15, 0.2) is 89.9 Å². The Morgan fingerprint density at radius 1 is 0.800 bits per heavy atom. The lowest BCUT2D eigenvalue weighted by Crippen LogP contribution is -2.32. The van der Waals surface area contributed by atoms with Crippen LogP contribution in [0.1, 0.15) is 11.1 Å². The molecule has 0 amide bonds. The second-order valence-electron chi connectivity index (χ2n) is 5.80. The van der Waals surface area contributed by atoms with Crippen molar-refractivity contribution in [2.75, 3.05) is 13.7 Å². The molecule has 0 aromatic heterocycles. The van der Waals surface area contributed by atoms with Gasteiger partial charge in [-0.1, -0.05) is 78.9 Å². The van der Waals surface area contributed by atoms with Crippen molar-refractivity contribution in [1.82, 2.24) is 10.6 Å². The molecule has 0 fully saturated rings. The van der Waals surface area contributed by atoms with Crippen LogP contribution in [0.5, 0.6) is 0 Å². The Balaban J connectivity index is 1.81. The molecule has 3 aromatic rings. The average Bonchev–Trinajstić information content (AvgIpc) is 2.70. The van der Waals surface area contributed by atoms with Gasteiger partial charge in [-0.15, -0.1) is 0 Å². The maximum absolute atomic E-state index is 4.80. The van der Waals surface area contributed by atoms with Crippen LogP contribution < -0.4 is 10.6 Å². The van der Waals surface area contributed by atoms with Gasteiger partial charge in [0.2, 0.25) is 0 Å². The van der Waals surface area contributed by atoms with Crippen molar-refractivity contribution >= 4 is 5.84 Å². The fourth-order valence-corrected chi connectivity index (χ4v) is 2.67. The largest absolute Gasteiger partial charge is 0.357 e. The molecule has 0 radical (unpaired) electrons. The van der Waals surface area contributed by atoms with Gasteiger partial charge in [-0.3, -0.25) is 4.99 Å². The van der Waals surface area contributed by atoms with Crippen LogP contribution in [0, 0.1) is 0 Å². The number of nitrogens with one attached hydrogen (secondary N) is 2. The van der Waals surface area contributed by atoms with E-state index in [1.807, 2.05) is 31.3 Å². The summed E-state index contributed by atoms with van der Waals surface area (Å²) in [6.07, 6.45) is 0.